The van der Waals surface area contributed by atoms with Crippen LogP contribution in [0.2, 0.25) is 0 Å². The number of rotatable bonds is 4. The molecule has 0 bridgehead atoms. The van der Waals surface area contributed by atoms with Gasteiger partial charge in [-0.05, 0) is 43.9 Å². The second-order valence-electron chi connectivity index (χ2n) is 6.23. The second-order valence-corrected chi connectivity index (χ2v) is 7.43. The average Bonchev–Trinajstić information content (AvgIpc) is 2.89. The number of hydrogen-bond donors (Lipinski definition) is 1. The van der Waals surface area contributed by atoms with Crippen LogP contribution in [-0.4, -0.2) is 20.6 Å². The van der Waals surface area contributed by atoms with E-state index in [-0.39, 0.29) is 5.56 Å². The molecule has 5 nitrogen and oxygen atoms in total. The fourth-order valence-corrected chi connectivity index (χ4v) is 4.08. The van der Waals surface area contributed by atoms with Gasteiger partial charge in [0.05, 0.1) is 11.7 Å². The van der Waals surface area contributed by atoms with Crippen LogP contribution in [0, 0.1) is 20.8 Å². The van der Waals surface area contributed by atoms with Crippen molar-refractivity contribution in [2.24, 2.45) is 0 Å². The summed E-state index contributed by atoms with van der Waals surface area (Å²) in [7, 11) is 0. The number of thiophene rings is 1. The lowest BCUT2D eigenvalue weighted by atomic mass is 9.99. The van der Waals surface area contributed by atoms with E-state index in [1.165, 1.54) is 27.8 Å². The van der Waals surface area contributed by atoms with E-state index in [0.717, 1.165) is 21.6 Å². The van der Waals surface area contributed by atoms with E-state index in [9.17, 15) is 14.7 Å². The van der Waals surface area contributed by atoms with Gasteiger partial charge in [0.2, 0.25) is 0 Å². The first-order valence-electron chi connectivity index (χ1n) is 8.15. The zero-order valence-corrected chi connectivity index (χ0v) is 15.5. The molecule has 2 aromatic heterocycles. The van der Waals surface area contributed by atoms with Gasteiger partial charge in [-0.15, -0.1) is 11.3 Å². The minimum absolute atomic E-state index is 0.295. The van der Waals surface area contributed by atoms with Gasteiger partial charge in [-0.1, -0.05) is 25.1 Å². The molecule has 0 amide bonds. The van der Waals surface area contributed by atoms with E-state index in [1.54, 1.807) is 6.92 Å². The van der Waals surface area contributed by atoms with Crippen molar-refractivity contribution in [2.75, 3.05) is 0 Å². The van der Waals surface area contributed by atoms with Gasteiger partial charge in [0, 0.05) is 10.4 Å². The monoisotopic (exact) mass is 356 g/mol. The third-order valence-electron chi connectivity index (χ3n) is 4.62. The Morgan fingerprint density at radius 1 is 1.28 bits per heavy atom. The molecule has 0 saturated heterocycles. The molecule has 1 atom stereocenters. The molecule has 3 rings (SSSR count). The van der Waals surface area contributed by atoms with E-state index < -0.39 is 12.0 Å². The number of carbonyl (C=O) groups is 1. The molecule has 130 valence electrons. The summed E-state index contributed by atoms with van der Waals surface area (Å²) in [5.74, 6) is -1.02. The van der Waals surface area contributed by atoms with Gasteiger partial charge in [-0.3, -0.25) is 9.36 Å². The van der Waals surface area contributed by atoms with Crippen LogP contribution >= 0.6 is 11.3 Å². The largest absolute Gasteiger partial charge is 0.480 e. The lowest BCUT2D eigenvalue weighted by Gasteiger charge is -2.13. The summed E-state index contributed by atoms with van der Waals surface area (Å²) in [6, 6.07) is 5.20. The molecule has 1 unspecified atom stereocenters. The molecule has 0 radical (unpaired) electrons. The Kier molecular flexibility index (Phi) is 4.47. The molecule has 3 aromatic rings. The number of nitrogens with zero attached hydrogens (tertiary/aromatic N) is 2. The van der Waals surface area contributed by atoms with Gasteiger partial charge < -0.3 is 5.11 Å². The Bertz CT molecular complexity index is 1030. The number of fused-ring (bicyclic) bond motifs is 1. The zero-order valence-electron chi connectivity index (χ0n) is 14.7. The van der Waals surface area contributed by atoms with Gasteiger partial charge >= 0.3 is 5.97 Å². The number of aryl methyl sites for hydroxylation is 3. The van der Waals surface area contributed by atoms with Gasteiger partial charge in [0.15, 0.2) is 0 Å². The maximum atomic E-state index is 13.1. The lowest BCUT2D eigenvalue weighted by molar-refractivity contribution is -0.141. The number of aromatic nitrogens is 2. The van der Waals surface area contributed by atoms with Gasteiger partial charge in [0.25, 0.3) is 5.56 Å². The molecule has 6 heteroatoms. The van der Waals surface area contributed by atoms with Crippen molar-refractivity contribution in [2.45, 2.75) is 40.2 Å². The fourth-order valence-electron chi connectivity index (χ4n) is 3.07. The van der Waals surface area contributed by atoms with Crippen LogP contribution in [0.3, 0.4) is 0 Å². The minimum atomic E-state index is -1.02. The van der Waals surface area contributed by atoms with Gasteiger partial charge in [0.1, 0.15) is 10.9 Å². The minimum Gasteiger partial charge on any atom is -0.480 e. The number of aliphatic carboxylic acids is 1. The first-order chi connectivity index (χ1) is 11.8. The molecule has 1 N–H and O–H groups in total. The molecule has 0 saturated carbocycles. The highest BCUT2D eigenvalue weighted by Gasteiger charge is 2.23. The van der Waals surface area contributed by atoms with E-state index in [0.29, 0.717) is 16.6 Å². The third-order valence-corrected chi connectivity index (χ3v) is 5.63. The molecular weight excluding hydrogens is 336 g/mol. The van der Waals surface area contributed by atoms with Crippen LogP contribution in [0.25, 0.3) is 21.3 Å². The second kappa shape index (κ2) is 6.44. The van der Waals surface area contributed by atoms with Crippen LogP contribution in [0.5, 0.6) is 0 Å². The van der Waals surface area contributed by atoms with E-state index >= 15 is 0 Å². The van der Waals surface area contributed by atoms with Crippen molar-refractivity contribution >= 4 is 27.5 Å². The van der Waals surface area contributed by atoms with Crippen LogP contribution in [0.4, 0.5) is 0 Å². The van der Waals surface area contributed by atoms with Gasteiger partial charge in [-0.25, -0.2) is 9.78 Å². The van der Waals surface area contributed by atoms with Crippen molar-refractivity contribution in [1.29, 1.82) is 0 Å². The number of carboxylic acids is 1. The summed E-state index contributed by atoms with van der Waals surface area (Å²) in [6.45, 7) is 7.80. The van der Waals surface area contributed by atoms with Crippen molar-refractivity contribution in [3.05, 3.63) is 50.9 Å². The smallest absolute Gasteiger partial charge is 0.326 e. The normalized spacial score (nSPS) is 12.5. The summed E-state index contributed by atoms with van der Waals surface area (Å²) >= 11 is 1.46. The van der Waals surface area contributed by atoms with Crippen LogP contribution < -0.4 is 5.56 Å². The number of hydrogen-bond acceptors (Lipinski definition) is 4. The Balaban J connectivity index is 2.33. The topological polar surface area (TPSA) is 72.2 Å². The Morgan fingerprint density at radius 3 is 2.60 bits per heavy atom. The Hall–Kier alpha value is -2.47. The first kappa shape index (κ1) is 17.4. The standard InChI is InChI=1S/C19H20N2O3S/c1-5-14(19(23)24)21-9-20-17-16(18(21)22)15(12(4)25-17)13-7-6-10(2)11(3)8-13/h6-9,14H,5H2,1-4H3,(H,23,24). The number of carboxylic acid groups (broad SMARTS) is 1. The molecule has 0 aliphatic rings. The van der Waals surface area contributed by atoms with E-state index in [4.69, 9.17) is 0 Å². The van der Waals surface area contributed by atoms with E-state index in [2.05, 4.69) is 11.1 Å². The van der Waals surface area contributed by atoms with Crippen LogP contribution in [0.15, 0.2) is 29.3 Å². The molecule has 0 fully saturated rings. The third kappa shape index (κ3) is 2.87. The molecule has 0 aliphatic heterocycles. The summed E-state index contributed by atoms with van der Waals surface area (Å²) in [5.41, 5.74) is 3.87. The quantitative estimate of drug-likeness (QED) is 0.764. The average molecular weight is 356 g/mol. The van der Waals surface area contributed by atoms with E-state index in [1.807, 2.05) is 32.9 Å². The fraction of sp³-hybridized carbons (Fsp3) is 0.316. The molecule has 1 aromatic carbocycles. The Labute approximate surface area is 149 Å². The molecule has 2 heterocycles. The first-order valence-corrected chi connectivity index (χ1v) is 8.97. The molecule has 25 heavy (non-hydrogen) atoms. The van der Waals surface area contributed by atoms with Crippen molar-refractivity contribution in [3.63, 3.8) is 0 Å². The summed E-state index contributed by atoms with van der Waals surface area (Å²) < 4.78 is 1.24. The van der Waals surface area contributed by atoms with Crippen molar-refractivity contribution < 1.29 is 9.90 Å². The highest BCUT2D eigenvalue weighted by Crippen LogP contribution is 2.36. The molecular formula is C19H20N2O3S. The SMILES string of the molecule is CCC(C(=O)O)n1cnc2sc(C)c(-c3ccc(C)c(C)c3)c2c1=O. The number of benzene rings is 1. The maximum Gasteiger partial charge on any atom is 0.326 e. The summed E-state index contributed by atoms with van der Waals surface area (Å²) in [6.07, 6.45) is 1.68. The maximum absolute atomic E-state index is 13.1. The highest BCUT2D eigenvalue weighted by atomic mass is 32.1. The zero-order chi connectivity index (χ0) is 18.3. The predicted octanol–water partition coefficient (Wildman–Crippen LogP) is 4.09. The molecule has 0 spiro atoms. The van der Waals surface area contributed by atoms with Crippen LogP contribution in [0.1, 0.15) is 35.4 Å². The lowest BCUT2D eigenvalue weighted by Crippen LogP contribution is -2.29. The van der Waals surface area contributed by atoms with Crippen LogP contribution in [-0.2, 0) is 4.79 Å². The predicted molar refractivity (Wildman–Crippen MR) is 100 cm³/mol. The van der Waals surface area contributed by atoms with Crippen molar-refractivity contribution in [1.82, 2.24) is 9.55 Å². The van der Waals surface area contributed by atoms with Gasteiger partial charge in [-0.2, -0.15) is 0 Å². The van der Waals surface area contributed by atoms with Crippen molar-refractivity contribution in [3.8, 4) is 11.1 Å². The summed E-state index contributed by atoms with van der Waals surface area (Å²) in [4.78, 5) is 30.5. The summed E-state index contributed by atoms with van der Waals surface area (Å²) in [5, 5.41) is 9.90. The Morgan fingerprint density at radius 2 is 2.00 bits per heavy atom. The highest BCUT2D eigenvalue weighted by molar-refractivity contribution is 7.19. The molecule has 0 aliphatic carbocycles.